The molecule has 2 heterocycles. The predicted molar refractivity (Wildman–Crippen MR) is 60.6 cm³/mol. The third-order valence-electron chi connectivity index (χ3n) is 3.14. The molecule has 1 aromatic rings. The summed E-state index contributed by atoms with van der Waals surface area (Å²) >= 11 is 0. The Labute approximate surface area is 95.2 Å². The van der Waals surface area contributed by atoms with E-state index in [-0.39, 0.29) is 11.9 Å². The molecule has 1 amide bonds. The topological polar surface area (TPSA) is 64.2 Å². The van der Waals surface area contributed by atoms with E-state index in [1.807, 2.05) is 17.2 Å². The van der Waals surface area contributed by atoms with E-state index in [4.69, 9.17) is 5.73 Å². The number of nitrogens with zero attached hydrogens (tertiary/aromatic N) is 3. The van der Waals surface area contributed by atoms with Crippen molar-refractivity contribution >= 4 is 5.91 Å². The third kappa shape index (κ3) is 2.41. The van der Waals surface area contributed by atoms with Crippen LogP contribution < -0.4 is 5.73 Å². The molecule has 5 heteroatoms. The minimum Gasteiger partial charge on any atom is -0.341 e. The lowest BCUT2D eigenvalue weighted by atomic mass is 10.1. The van der Waals surface area contributed by atoms with Crippen molar-refractivity contribution in [2.24, 2.45) is 11.7 Å². The summed E-state index contributed by atoms with van der Waals surface area (Å²) in [5, 5.41) is 4.07. The summed E-state index contributed by atoms with van der Waals surface area (Å²) in [6.45, 7) is 4.22. The minimum atomic E-state index is 0.133. The normalized spacial score (nSPS) is 25.0. The molecule has 1 aliphatic heterocycles. The van der Waals surface area contributed by atoms with E-state index >= 15 is 0 Å². The van der Waals surface area contributed by atoms with Crippen molar-refractivity contribution in [3.63, 3.8) is 0 Å². The fourth-order valence-electron chi connectivity index (χ4n) is 2.00. The minimum absolute atomic E-state index is 0.133. The smallest absolute Gasteiger partial charge is 0.224 e. The molecule has 1 saturated heterocycles. The average Bonchev–Trinajstić information content (AvgIpc) is 2.86. The Balaban J connectivity index is 1.80. The average molecular weight is 222 g/mol. The van der Waals surface area contributed by atoms with Crippen molar-refractivity contribution in [1.82, 2.24) is 14.7 Å². The summed E-state index contributed by atoms with van der Waals surface area (Å²) in [6, 6.07) is 1.99. The fraction of sp³-hybridized carbons (Fsp3) is 0.636. The van der Waals surface area contributed by atoms with Crippen LogP contribution in [0.3, 0.4) is 0 Å². The highest BCUT2D eigenvalue weighted by Crippen LogP contribution is 2.15. The van der Waals surface area contributed by atoms with Crippen LogP contribution in [0.5, 0.6) is 0 Å². The van der Waals surface area contributed by atoms with Gasteiger partial charge < -0.3 is 10.6 Å². The van der Waals surface area contributed by atoms with Crippen LogP contribution in [0.4, 0.5) is 0 Å². The van der Waals surface area contributed by atoms with Crippen LogP contribution in [0.2, 0.25) is 0 Å². The number of likely N-dealkylation sites (tertiary alicyclic amines) is 1. The molecule has 2 rings (SSSR count). The highest BCUT2D eigenvalue weighted by molar-refractivity contribution is 5.76. The first-order chi connectivity index (χ1) is 7.66. The summed E-state index contributed by atoms with van der Waals surface area (Å²) in [6.07, 6.45) is 4.09. The van der Waals surface area contributed by atoms with E-state index in [0.717, 1.165) is 6.54 Å². The van der Waals surface area contributed by atoms with E-state index in [1.54, 1.807) is 10.9 Å². The summed E-state index contributed by atoms with van der Waals surface area (Å²) in [4.78, 5) is 13.7. The maximum atomic E-state index is 11.9. The lowest BCUT2D eigenvalue weighted by Crippen LogP contribution is -2.32. The Hall–Kier alpha value is -1.36. The highest BCUT2D eigenvalue weighted by Gasteiger charge is 2.29. The zero-order valence-electron chi connectivity index (χ0n) is 9.54. The van der Waals surface area contributed by atoms with Crippen LogP contribution in [-0.4, -0.2) is 39.7 Å². The van der Waals surface area contributed by atoms with Crippen LogP contribution in [0.25, 0.3) is 0 Å². The molecule has 0 spiro atoms. The lowest BCUT2D eigenvalue weighted by molar-refractivity contribution is -0.130. The molecule has 2 N–H and O–H groups in total. The molecular weight excluding hydrogens is 204 g/mol. The van der Waals surface area contributed by atoms with Crippen molar-refractivity contribution < 1.29 is 4.79 Å². The Bertz CT molecular complexity index is 339. The fourth-order valence-corrected chi connectivity index (χ4v) is 2.00. The molecule has 0 aromatic carbocycles. The molecule has 1 aliphatic rings. The summed E-state index contributed by atoms with van der Waals surface area (Å²) in [5.41, 5.74) is 5.89. The van der Waals surface area contributed by atoms with E-state index in [0.29, 0.717) is 25.4 Å². The van der Waals surface area contributed by atoms with E-state index in [1.165, 1.54) is 0 Å². The van der Waals surface area contributed by atoms with Crippen LogP contribution in [0, 0.1) is 5.92 Å². The van der Waals surface area contributed by atoms with Gasteiger partial charge in [-0.2, -0.15) is 5.10 Å². The molecule has 0 saturated carbocycles. The van der Waals surface area contributed by atoms with Gasteiger partial charge in [-0.1, -0.05) is 6.92 Å². The molecule has 1 fully saturated rings. The van der Waals surface area contributed by atoms with Crippen LogP contribution in [-0.2, 0) is 11.3 Å². The first-order valence-electron chi connectivity index (χ1n) is 5.67. The number of hydrogen-bond acceptors (Lipinski definition) is 3. The molecule has 5 nitrogen and oxygen atoms in total. The van der Waals surface area contributed by atoms with Gasteiger partial charge >= 0.3 is 0 Å². The molecule has 1 aromatic heterocycles. The molecule has 2 unspecified atom stereocenters. The van der Waals surface area contributed by atoms with E-state index in [9.17, 15) is 4.79 Å². The van der Waals surface area contributed by atoms with Crippen molar-refractivity contribution in [2.45, 2.75) is 25.9 Å². The van der Waals surface area contributed by atoms with Gasteiger partial charge in [0, 0.05) is 44.5 Å². The zero-order chi connectivity index (χ0) is 11.5. The molecule has 0 aliphatic carbocycles. The number of amides is 1. The number of aromatic nitrogens is 2. The first-order valence-corrected chi connectivity index (χ1v) is 5.67. The summed E-state index contributed by atoms with van der Waals surface area (Å²) < 4.78 is 1.78. The van der Waals surface area contributed by atoms with Crippen LogP contribution in [0.1, 0.15) is 13.3 Å². The summed E-state index contributed by atoms with van der Waals surface area (Å²) in [5.74, 6) is 0.587. The highest BCUT2D eigenvalue weighted by atomic mass is 16.2. The van der Waals surface area contributed by atoms with Crippen LogP contribution >= 0.6 is 0 Å². The second kappa shape index (κ2) is 4.65. The Morgan fingerprint density at radius 3 is 2.94 bits per heavy atom. The second-order valence-corrected chi connectivity index (χ2v) is 4.46. The van der Waals surface area contributed by atoms with Crippen molar-refractivity contribution in [3.05, 3.63) is 18.5 Å². The molecule has 88 valence electrons. The zero-order valence-corrected chi connectivity index (χ0v) is 9.54. The Kier molecular flexibility index (Phi) is 3.24. The van der Waals surface area contributed by atoms with Gasteiger partial charge in [0.15, 0.2) is 0 Å². The van der Waals surface area contributed by atoms with Crippen molar-refractivity contribution in [2.75, 3.05) is 13.1 Å². The van der Waals surface area contributed by atoms with Gasteiger partial charge in [-0.05, 0) is 12.0 Å². The van der Waals surface area contributed by atoms with Gasteiger partial charge in [0.05, 0.1) is 0 Å². The number of carbonyl (C=O) groups excluding carboxylic acids is 1. The molecule has 2 atom stereocenters. The van der Waals surface area contributed by atoms with Gasteiger partial charge in [0.1, 0.15) is 0 Å². The number of carbonyl (C=O) groups is 1. The van der Waals surface area contributed by atoms with Crippen molar-refractivity contribution in [3.8, 4) is 0 Å². The van der Waals surface area contributed by atoms with Gasteiger partial charge in [0.2, 0.25) is 5.91 Å². The first kappa shape index (κ1) is 11.1. The third-order valence-corrected chi connectivity index (χ3v) is 3.14. The van der Waals surface area contributed by atoms with E-state index in [2.05, 4.69) is 12.0 Å². The Morgan fingerprint density at radius 2 is 2.38 bits per heavy atom. The predicted octanol–water partition coefficient (Wildman–Crippen LogP) is 0.0788. The lowest BCUT2D eigenvalue weighted by Gasteiger charge is -2.15. The van der Waals surface area contributed by atoms with Gasteiger partial charge in [0.25, 0.3) is 0 Å². The largest absolute Gasteiger partial charge is 0.341 e. The second-order valence-electron chi connectivity index (χ2n) is 4.46. The SMILES string of the molecule is CC1CN(C(=O)CCn2cccn2)CC1N. The number of rotatable bonds is 3. The maximum absolute atomic E-state index is 11.9. The molecule has 0 bridgehead atoms. The molecular formula is C11H18N4O. The van der Waals surface area contributed by atoms with Crippen molar-refractivity contribution in [1.29, 1.82) is 0 Å². The van der Waals surface area contributed by atoms with Gasteiger partial charge in [-0.3, -0.25) is 9.48 Å². The van der Waals surface area contributed by atoms with Gasteiger partial charge in [-0.25, -0.2) is 0 Å². The number of nitrogens with two attached hydrogens (primary N) is 1. The van der Waals surface area contributed by atoms with Gasteiger partial charge in [-0.15, -0.1) is 0 Å². The number of aryl methyl sites for hydroxylation is 1. The van der Waals surface area contributed by atoms with Crippen LogP contribution in [0.15, 0.2) is 18.5 Å². The maximum Gasteiger partial charge on any atom is 0.224 e. The standard InChI is InChI=1S/C11H18N4O/c1-9-7-14(8-10(9)12)11(16)3-6-15-5-2-4-13-15/h2,4-5,9-10H,3,6-8,12H2,1H3. The quantitative estimate of drug-likeness (QED) is 0.787. The molecule has 16 heavy (non-hydrogen) atoms. The monoisotopic (exact) mass is 222 g/mol. The Morgan fingerprint density at radius 1 is 1.56 bits per heavy atom. The molecule has 0 radical (unpaired) electrons. The summed E-state index contributed by atoms with van der Waals surface area (Å²) in [7, 11) is 0. The van der Waals surface area contributed by atoms with E-state index < -0.39 is 0 Å². The number of hydrogen-bond donors (Lipinski definition) is 1.